The molecule has 0 amide bonds. The molecule has 0 bridgehead atoms. The Labute approximate surface area is 88.0 Å². The third-order valence-corrected chi connectivity index (χ3v) is 2.29. The van der Waals surface area contributed by atoms with Crippen molar-refractivity contribution in [2.75, 3.05) is 13.7 Å². The van der Waals surface area contributed by atoms with Gasteiger partial charge in [0.15, 0.2) is 11.6 Å². The zero-order valence-electron chi connectivity index (χ0n) is 8.89. The fourth-order valence-corrected chi connectivity index (χ4v) is 1.34. The average Bonchev–Trinajstić information content (AvgIpc) is 2.22. The second-order valence-electron chi connectivity index (χ2n) is 3.62. The lowest BCUT2D eigenvalue weighted by Gasteiger charge is -2.10. The average molecular weight is 215 g/mol. The SMILES string of the molecule is COc1cc(F)c(CC(C)CN)cc1F. The van der Waals surface area contributed by atoms with E-state index < -0.39 is 11.6 Å². The van der Waals surface area contributed by atoms with Gasteiger partial charge in [0, 0.05) is 6.07 Å². The second-order valence-corrected chi connectivity index (χ2v) is 3.62. The molecule has 0 fully saturated rings. The number of hydrogen-bond acceptors (Lipinski definition) is 2. The minimum Gasteiger partial charge on any atom is -0.494 e. The lowest BCUT2D eigenvalue weighted by Crippen LogP contribution is -2.14. The van der Waals surface area contributed by atoms with Crippen molar-refractivity contribution < 1.29 is 13.5 Å². The zero-order valence-corrected chi connectivity index (χ0v) is 8.89. The Bertz CT molecular complexity index is 342. The topological polar surface area (TPSA) is 35.2 Å². The number of halogens is 2. The van der Waals surface area contributed by atoms with Crippen LogP contribution in [0.2, 0.25) is 0 Å². The van der Waals surface area contributed by atoms with Gasteiger partial charge in [0.2, 0.25) is 0 Å². The van der Waals surface area contributed by atoms with Crippen LogP contribution in [0.4, 0.5) is 8.78 Å². The third kappa shape index (κ3) is 2.89. The van der Waals surface area contributed by atoms with Crippen LogP contribution in [0.5, 0.6) is 5.75 Å². The van der Waals surface area contributed by atoms with E-state index in [4.69, 9.17) is 5.73 Å². The molecule has 1 aromatic carbocycles. The first-order valence-corrected chi connectivity index (χ1v) is 4.80. The zero-order chi connectivity index (χ0) is 11.4. The third-order valence-electron chi connectivity index (χ3n) is 2.29. The molecule has 2 nitrogen and oxygen atoms in total. The summed E-state index contributed by atoms with van der Waals surface area (Å²) >= 11 is 0. The Morgan fingerprint density at radius 3 is 2.53 bits per heavy atom. The first-order chi connectivity index (χ1) is 7.08. The molecule has 4 heteroatoms. The quantitative estimate of drug-likeness (QED) is 0.834. The maximum Gasteiger partial charge on any atom is 0.165 e. The highest BCUT2D eigenvalue weighted by Crippen LogP contribution is 2.22. The van der Waals surface area contributed by atoms with Crippen LogP contribution in [0, 0.1) is 17.6 Å². The molecule has 1 unspecified atom stereocenters. The summed E-state index contributed by atoms with van der Waals surface area (Å²) in [4.78, 5) is 0. The molecule has 0 radical (unpaired) electrons. The molecule has 0 aliphatic carbocycles. The lowest BCUT2D eigenvalue weighted by atomic mass is 10.0. The van der Waals surface area contributed by atoms with Crippen LogP contribution in [0.15, 0.2) is 12.1 Å². The van der Waals surface area contributed by atoms with Crippen LogP contribution in [0.3, 0.4) is 0 Å². The van der Waals surface area contributed by atoms with Crippen LogP contribution in [0.1, 0.15) is 12.5 Å². The van der Waals surface area contributed by atoms with Crippen LogP contribution in [-0.2, 0) is 6.42 Å². The van der Waals surface area contributed by atoms with Gasteiger partial charge in [-0.3, -0.25) is 0 Å². The van der Waals surface area contributed by atoms with E-state index in [1.165, 1.54) is 13.2 Å². The number of rotatable bonds is 4. The van der Waals surface area contributed by atoms with Crippen molar-refractivity contribution in [2.45, 2.75) is 13.3 Å². The maximum absolute atomic E-state index is 13.4. The van der Waals surface area contributed by atoms with Crippen LogP contribution >= 0.6 is 0 Å². The van der Waals surface area contributed by atoms with Gasteiger partial charge in [0.1, 0.15) is 5.82 Å². The highest BCUT2D eigenvalue weighted by atomic mass is 19.1. The van der Waals surface area contributed by atoms with Crippen molar-refractivity contribution in [2.24, 2.45) is 11.7 Å². The van der Waals surface area contributed by atoms with Gasteiger partial charge in [-0.1, -0.05) is 6.92 Å². The van der Waals surface area contributed by atoms with E-state index in [-0.39, 0.29) is 11.7 Å². The number of hydrogen-bond donors (Lipinski definition) is 1. The second kappa shape index (κ2) is 5.07. The first kappa shape index (κ1) is 11.9. The summed E-state index contributed by atoms with van der Waals surface area (Å²) in [6.45, 7) is 2.34. The summed E-state index contributed by atoms with van der Waals surface area (Å²) in [6, 6.07) is 2.23. The summed E-state index contributed by atoms with van der Waals surface area (Å²) < 4.78 is 31.4. The molecule has 0 aromatic heterocycles. The van der Waals surface area contributed by atoms with Crippen LogP contribution in [0.25, 0.3) is 0 Å². The fraction of sp³-hybridized carbons (Fsp3) is 0.455. The summed E-state index contributed by atoms with van der Waals surface area (Å²) in [5, 5.41) is 0. The summed E-state index contributed by atoms with van der Waals surface area (Å²) in [5.41, 5.74) is 5.76. The van der Waals surface area contributed by atoms with Crippen molar-refractivity contribution in [1.82, 2.24) is 0 Å². The molecule has 0 aliphatic heterocycles. The molecule has 0 saturated heterocycles. The Balaban J connectivity index is 2.95. The van der Waals surface area contributed by atoms with Crippen molar-refractivity contribution >= 4 is 0 Å². The van der Waals surface area contributed by atoms with E-state index in [0.29, 0.717) is 18.5 Å². The minimum absolute atomic E-state index is 0.0725. The number of nitrogens with two attached hydrogens (primary N) is 1. The lowest BCUT2D eigenvalue weighted by molar-refractivity contribution is 0.381. The number of methoxy groups -OCH3 is 1. The van der Waals surface area contributed by atoms with Gasteiger partial charge in [-0.2, -0.15) is 0 Å². The van der Waals surface area contributed by atoms with E-state index in [9.17, 15) is 8.78 Å². The Kier molecular flexibility index (Phi) is 4.03. The first-order valence-electron chi connectivity index (χ1n) is 4.80. The molecular weight excluding hydrogens is 200 g/mol. The highest BCUT2D eigenvalue weighted by molar-refractivity contribution is 5.31. The van der Waals surface area contributed by atoms with E-state index in [1.54, 1.807) is 0 Å². The molecule has 15 heavy (non-hydrogen) atoms. The number of ether oxygens (including phenoxy) is 1. The normalized spacial score (nSPS) is 12.6. The predicted molar refractivity (Wildman–Crippen MR) is 54.8 cm³/mol. The summed E-state index contributed by atoms with van der Waals surface area (Å²) in [7, 11) is 1.31. The van der Waals surface area contributed by atoms with Crippen LogP contribution < -0.4 is 10.5 Å². The van der Waals surface area contributed by atoms with Gasteiger partial charge < -0.3 is 10.5 Å². The van der Waals surface area contributed by atoms with Gasteiger partial charge >= 0.3 is 0 Å². The molecule has 1 atom stereocenters. The molecule has 0 aliphatic rings. The van der Waals surface area contributed by atoms with Gasteiger partial charge in [-0.25, -0.2) is 8.78 Å². The fourth-order valence-electron chi connectivity index (χ4n) is 1.34. The van der Waals surface area contributed by atoms with Gasteiger partial charge in [-0.15, -0.1) is 0 Å². The Morgan fingerprint density at radius 2 is 2.00 bits per heavy atom. The van der Waals surface area contributed by atoms with Crippen molar-refractivity contribution in [1.29, 1.82) is 0 Å². The van der Waals surface area contributed by atoms with E-state index >= 15 is 0 Å². The Hall–Kier alpha value is -1.16. The smallest absolute Gasteiger partial charge is 0.165 e. The van der Waals surface area contributed by atoms with Crippen molar-refractivity contribution in [3.05, 3.63) is 29.3 Å². The molecule has 1 rings (SSSR count). The van der Waals surface area contributed by atoms with Crippen molar-refractivity contribution in [3.63, 3.8) is 0 Å². The van der Waals surface area contributed by atoms with E-state index in [1.807, 2.05) is 6.92 Å². The largest absolute Gasteiger partial charge is 0.494 e. The molecule has 0 saturated carbocycles. The standard InChI is InChI=1S/C11H15F2NO/c1-7(6-14)3-8-4-10(13)11(15-2)5-9(8)12/h4-5,7H,3,6,14H2,1-2H3. The van der Waals surface area contributed by atoms with E-state index in [0.717, 1.165) is 6.07 Å². The summed E-state index contributed by atoms with van der Waals surface area (Å²) in [5.74, 6) is -0.935. The highest BCUT2D eigenvalue weighted by Gasteiger charge is 2.12. The molecule has 84 valence electrons. The van der Waals surface area contributed by atoms with Gasteiger partial charge in [0.05, 0.1) is 7.11 Å². The van der Waals surface area contributed by atoms with Crippen LogP contribution in [-0.4, -0.2) is 13.7 Å². The van der Waals surface area contributed by atoms with E-state index in [2.05, 4.69) is 4.74 Å². The maximum atomic E-state index is 13.4. The minimum atomic E-state index is -0.543. The van der Waals surface area contributed by atoms with Gasteiger partial charge in [0.25, 0.3) is 0 Å². The molecule has 0 heterocycles. The monoisotopic (exact) mass is 215 g/mol. The molecular formula is C11H15F2NO. The Morgan fingerprint density at radius 1 is 1.33 bits per heavy atom. The molecule has 0 spiro atoms. The predicted octanol–water partition coefficient (Wildman–Crippen LogP) is 2.11. The molecule has 2 N–H and O–H groups in total. The van der Waals surface area contributed by atoms with Crippen molar-refractivity contribution in [3.8, 4) is 5.75 Å². The van der Waals surface area contributed by atoms with Gasteiger partial charge in [-0.05, 0) is 30.5 Å². The summed E-state index contributed by atoms with van der Waals surface area (Å²) in [6.07, 6.45) is 0.434. The number of benzene rings is 1. The molecule has 1 aromatic rings.